The van der Waals surface area contributed by atoms with E-state index >= 15 is 0 Å². The van der Waals surface area contributed by atoms with E-state index in [4.69, 9.17) is 0 Å². The number of nitrogens with zero attached hydrogens (tertiary/aromatic N) is 3. The van der Waals surface area contributed by atoms with Gasteiger partial charge in [-0.15, -0.1) is 6.58 Å². The lowest BCUT2D eigenvalue weighted by molar-refractivity contribution is -0.146. The first-order valence-corrected chi connectivity index (χ1v) is 17.6. The van der Waals surface area contributed by atoms with Gasteiger partial charge in [-0.3, -0.25) is 33.8 Å². The molecule has 4 N–H and O–H groups in total. The number of carbonyl (C=O) groups is 6. The Morgan fingerprint density at radius 2 is 1.78 bits per heavy atom. The van der Waals surface area contributed by atoms with Crippen LogP contribution in [-0.4, -0.2) is 87.4 Å². The minimum Gasteiger partial charge on any atom is -0.346 e. The summed E-state index contributed by atoms with van der Waals surface area (Å²) >= 11 is 0. The molecule has 0 radical (unpaired) electrons. The molecule has 1 aliphatic heterocycles. The van der Waals surface area contributed by atoms with E-state index in [0.29, 0.717) is 19.4 Å². The van der Waals surface area contributed by atoms with Crippen LogP contribution < -0.4 is 21.3 Å². The number of likely N-dealkylation sites (tertiary alicyclic amines) is 1. The number of hydrogen-bond donors (Lipinski definition) is 4. The number of aromatic nitrogens is 2. The Labute approximate surface area is 289 Å². The average Bonchev–Trinajstić information content (AvgIpc) is 3.74. The summed E-state index contributed by atoms with van der Waals surface area (Å²) in [6.07, 6.45) is 12.4. The van der Waals surface area contributed by atoms with Gasteiger partial charge < -0.3 is 26.2 Å². The summed E-state index contributed by atoms with van der Waals surface area (Å²) in [5, 5.41) is 11.2. The zero-order chi connectivity index (χ0) is 35.9. The van der Waals surface area contributed by atoms with Gasteiger partial charge in [0.05, 0.1) is 12.2 Å². The predicted octanol–water partition coefficient (Wildman–Crippen LogP) is 2.47. The monoisotopic (exact) mass is 679 g/mol. The minimum absolute atomic E-state index is 0.0723. The molecular formula is C36H53N7O6. The summed E-state index contributed by atoms with van der Waals surface area (Å²) in [7, 11) is 0. The van der Waals surface area contributed by atoms with Gasteiger partial charge in [0.1, 0.15) is 23.8 Å². The van der Waals surface area contributed by atoms with Crippen LogP contribution in [0.3, 0.4) is 0 Å². The van der Waals surface area contributed by atoms with Crippen molar-refractivity contribution < 1.29 is 28.8 Å². The second kappa shape index (κ2) is 16.0. The van der Waals surface area contributed by atoms with E-state index in [2.05, 4.69) is 37.8 Å². The molecular weight excluding hydrogens is 626 g/mol. The van der Waals surface area contributed by atoms with Gasteiger partial charge in [0.15, 0.2) is 0 Å². The van der Waals surface area contributed by atoms with E-state index in [1.54, 1.807) is 0 Å². The number of carbonyl (C=O) groups excluding carboxylic acids is 6. The van der Waals surface area contributed by atoms with E-state index in [1.807, 2.05) is 34.6 Å². The fraction of sp³-hybridized carbons (Fsp3) is 0.667. The van der Waals surface area contributed by atoms with Crippen LogP contribution in [0, 0.1) is 22.7 Å². The molecule has 13 heteroatoms. The number of nitrogens with one attached hydrogen (secondary N) is 4. The number of piperidine rings is 1. The van der Waals surface area contributed by atoms with Crippen LogP contribution in [0.25, 0.3) is 0 Å². The van der Waals surface area contributed by atoms with Gasteiger partial charge in [-0.1, -0.05) is 72.8 Å². The molecule has 2 heterocycles. The first kappa shape index (κ1) is 37.7. The van der Waals surface area contributed by atoms with Gasteiger partial charge in [-0.2, -0.15) is 0 Å². The number of Topliss-reactive ketones (excluding diaryl/α,β-unsaturated/α-hetero) is 1. The predicted molar refractivity (Wildman–Crippen MR) is 183 cm³/mol. The highest BCUT2D eigenvalue weighted by atomic mass is 16.2. The van der Waals surface area contributed by atoms with E-state index in [0.717, 1.165) is 44.9 Å². The summed E-state index contributed by atoms with van der Waals surface area (Å²) < 4.78 is 0. The average molecular weight is 680 g/mol. The molecule has 1 saturated heterocycles. The summed E-state index contributed by atoms with van der Waals surface area (Å²) in [5.74, 6) is -3.36. The Bertz CT molecular complexity index is 1400. The minimum atomic E-state index is -1.03. The standard InChI is InChI=1S/C36H53N7O6/c1-7-9-13-24(27(44)32(47)39-16-8-2)40-31(46)26-23-19-22(23)21-43(26)34(49)29(35(3,4)5)42-33(48)28(36(6)14-11-10-12-15-36)41-30(45)25-20-37-17-18-38-25/h8,17-18,20,22-24,26,28-29H,2,7,9-16,19,21H2,1,3-6H3,(H,39,47)(H,40,46)(H,41,45)(H,42,48)/t22-,23-,24?,26-,28+,29+/m0/s1. The van der Waals surface area contributed by atoms with E-state index in [-0.39, 0.29) is 24.1 Å². The van der Waals surface area contributed by atoms with Crippen molar-refractivity contribution >= 4 is 35.3 Å². The summed E-state index contributed by atoms with van der Waals surface area (Å²) in [6.45, 7) is 13.5. The fourth-order valence-electron chi connectivity index (χ4n) is 7.24. The molecule has 2 aliphatic carbocycles. The van der Waals surface area contributed by atoms with Crippen molar-refractivity contribution in [2.75, 3.05) is 13.1 Å². The van der Waals surface area contributed by atoms with Crippen molar-refractivity contribution in [2.45, 2.75) is 117 Å². The molecule has 1 unspecified atom stereocenters. The number of fused-ring (bicyclic) bond motifs is 1. The molecule has 0 spiro atoms. The highest BCUT2D eigenvalue weighted by Gasteiger charge is 2.58. The molecule has 5 amide bonds. The third-order valence-electron chi connectivity index (χ3n) is 10.2. The number of ketones is 1. The first-order valence-electron chi connectivity index (χ1n) is 17.6. The summed E-state index contributed by atoms with van der Waals surface area (Å²) in [4.78, 5) is 90.9. The maximum absolute atomic E-state index is 14.4. The van der Waals surface area contributed by atoms with Gasteiger partial charge in [0.2, 0.25) is 23.5 Å². The van der Waals surface area contributed by atoms with Gasteiger partial charge in [-0.25, -0.2) is 4.98 Å². The van der Waals surface area contributed by atoms with Crippen molar-refractivity contribution in [3.05, 3.63) is 36.9 Å². The highest BCUT2D eigenvalue weighted by molar-refractivity contribution is 6.38. The van der Waals surface area contributed by atoms with Gasteiger partial charge in [0, 0.05) is 25.5 Å². The third kappa shape index (κ3) is 9.10. The van der Waals surface area contributed by atoms with Crippen molar-refractivity contribution in [3.63, 3.8) is 0 Å². The highest BCUT2D eigenvalue weighted by Crippen LogP contribution is 2.50. The molecule has 2 saturated carbocycles. The Morgan fingerprint density at radius 3 is 2.39 bits per heavy atom. The molecule has 4 rings (SSSR count). The van der Waals surface area contributed by atoms with E-state index in [9.17, 15) is 28.8 Å². The topological polar surface area (TPSA) is 180 Å². The van der Waals surface area contributed by atoms with Gasteiger partial charge >= 0.3 is 0 Å². The molecule has 13 nitrogen and oxygen atoms in total. The number of amides is 5. The smallest absolute Gasteiger partial charge is 0.289 e. The van der Waals surface area contributed by atoms with Crippen LogP contribution in [0.15, 0.2) is 31.2 Å². The lowest BCUT2D eigenvalue weighted by atomic mass is 9.70. The van der Waals surface area contributed by atoms with Gasteiger partial charge in [0.25, 0.3) is 11.8 Å². The van der Waals surface area contributed by atoms with Crippen LogP contribution in [0.2, 0.25) is 0 Å². The van der Waals surface area contributed by atoms with Crippen LogP contribution in [0.1, 0.15) is 103 Å². The van der Waals surface area contributed by atoms with Crippen molar-refractivity contribution in [3.8, 4) is 0 Å². The Kier molecular flexibility index (Phi) is 12.3. The van der Waals surface area contributed by atoms with Crippen molar-refractivity contribution in [1.29, 1.82) is 0 Å². The Morgan fingerprint density at radius 1 is 1.06 bits per heavy atom. The van der Waals surface area contributed by atoms with Crippen LogP contribution in [-0.2, 0) is 24.0 Å². The zero-order valence-electron chi connectivity index (χ0n) is 29.5. The van der Waals surface area contributed by atoms with E-state index < -0.39 is 70.3 Å². The summed E-state index contributed by atoms with van der Waals surface area (Å²) in [5.41, 5.74) is -1.22. The maximum Gasteiger partial charge on any atom is 0.289 e. The van der Waals surface area contributed by atoms with Crippen LogP contribution in [0.4, 0.5) is 0 Å². The van der Waals surface area contributed by atoms with Crippen LogP contribution in [0.5, 0.6) is 0 Å². The number of rotatable bonds is 15. The third-order valence-corrected chi connectivity index (χ3v) is 10.2. The fourth-order valence-corrected chi connectivity index (χ4v) is 7.24. The first-order chi connectivity index (χ1) is 23.2. The van der Waals surface area contributed by atoms with E-state index in [1.165, 1.54) is 29.6 Å². The number of unbranched alkanes of at least 4 members (excludes halogenated alkanes) is 1. The maximum atomic E-state index is 14.4. The molecule has 3 aliphatic rings. The molecule has 0 bridgehead atoms. The zero-order valence-corrected chi connectivity index (χ0v) is 29.5. The van der Waals surface area contributed by atoms with Crippen molar-refractivity contribution in [1.82, 2.24) is 36.1 Å². The largest absolute Gasteiger partial charge is 0.346 e. The lowest BCUT2D eigenvalue weighted by Gasteiger charge is -2.42. The molecule has 49 heavy (non-hydrogen) atoms. The van der Waals surface area contributed by atoms with Crippen LogP contribution >= 0.6 is 0 Å². The SMILES string of the molecule is C=CCNC(=O)C(=O)C(CCCC)NC(=O)[C@@H]1[C@H]2C[C@H]2CN1C(=O)[C@@H](NC(=O)[C@@H](NC(=O)c1cnccn1)C1(C)CCCCC1)C(C)(C)C. The second-order valence-electron chi connectivity index (χ2n) is 15.2. The normalized spacial score (nSPS) is 22.8. The summed E-state index contributed by atoms with van der Waals surface area (Å²) in [6, 6.07) is -3.82. The molecule has 1 aromatic rings. The second-order valence-corrected chi connectivity index (χ2v) is 15.2. The molecule has 1 aromatic heterocycles. The lowest BCUT2D eigenvalue weighted by Crippen LogP contribution is -2.63. The molecule has 268 valence electrons. The Hall–Kier alpha value is -4.16. The van der Waals surface area contributed by atoms with Crippen molar-refractivity contribution in [2.24, 2.45) is 22.7 Å². The molecule has 6 atom stereocenters. The Balaban J connectivity index is 1.55. The quantitative estimate of drug-likeness (QED) is 0.161. The van der Waals surface area contributed by atoms with Gasteiger partial charge in [-0.05, 0) is 48.3 Å². The molecule has 3 fully saturated rings. The number of hydrogen-bond acceptors (Lipinski definition) is 8. The molecule has 0 aromatic carbocycles.